The summed E-state index contributed by atoms with van der Waals surface area (Å²) < 4.78 is 0. The summed E-state index contributed by atoms with van der Waals surface area (Å²) in [6.07, 6.45) is 2.10. The average molecular weight is 329 g/mol. The van der Waals surface area contributed by atoms with Gasteiger partial charge in [0.2, 0.25) is 5.91 Å². The van der Waals surface area contributed by atoms with E-state index in [1.165, 1.54) is 11.1 Å². The Balaban J connectivity index is 1.66. The molecule has 0 aliphatic heterocycles. The van der Waals surface area contributed by atoms with E-state index < -0.39 is 0 Å². The number of hydrogen-bond acceptors (Lipinski definition) is 2. The number of amides is 1. The van der Waals surface area contributed by atoms with Gasteiger partial charge in [-0.1, -0.05) is 41.9 Å². The van der Waals surface area contributed by atoms with Crippen molar-refractivity contribution in [3.05, 3.63) is 64.2 Å². The maximum absolute atomic E-state index is 12.5. The molecule has 2 aromatic rings. The molecule has 120 valence electrons. The van der Waals surface area contributed by atoms with E-state index in [0.29, 0.717) is 5.02 Å². The second-order valence-corrected chi connectivity index (χ2v) is 6.56. The molecule has 0 bridgehead atoms. The number of benzene rings is 2. The number of carbonyl (C=O) groups is 1. The van der Waals surface area contributed by atoms with E-state index in [4.69, 9.17) is 11.6 Å². The first-order valence-corrected chi connectivity index (χ1v) is 8.33. The molecule has 0 aromatic heterocycles. The number of nitrogens with one attached hydrogen (secondary N) is 2. The van der Waals surface area contributed by atoms with Crippen LogP contribution < -0.4 is 10.6 Å². The van der Waals surface area contributed by atoms with Crippen LogP contribution in [0.2, 0.25) is 5.02 Å². The van der Waals surface area contributed by atoms with E-state index in [2.05, 4.69) is 34.9 Å². The van der Waals surface area contributed by atoms with Crippen LogP contribution in [0.5, 0.6) is 0 Å². The van der Waals surface area contributed by atoms with Crippen molar-refractivity contribution in [2.75, 3.05) is 5.32 Å². The third kappa shape index (κ3) is 3.57. The third-order valence-electron chi connectivity index (χ3n) is 4.43. The molecule has 3 rings (SSSR count). The quantitative estimate of drug-likeness (QED) is 0.880. The first kappa shape index (κ1) is 16.0. The SMILES string of the molecule is Cc1ccc(Cl)cc1NC(=O)C(C)NC1CCc2ccccc21. The summed E-state index contributed by atoms with van der Waals surface area (Å²) in [4.78, 5) is 12.5. The van der Waals surface area contributed by atoms with E-state index in [9.17, 15) is 4.79 Å². The molecule has 0 fully saturated rings. The zero-order valence-electron chi connectivity index (χ0n) is 13.4. The molecule has 2 unspecified atom stereocenters. The zero-order chi connectivity index (χ0) is 16.4. The van der Waals surface area contributed by atoms with Crippen LogP contribution in [0.3, 0.4) is 0 Å². The van der Waals surface area contributed by atoms with Crippen LogP contribution in [-0.2, 0) is 11.2 Å². The fourth-order valence-electron chi connectivity index (χ4n) is 3.08. The highest BCUT2D eigenvalue weighted by molar-refractivity contribution is 6.31. The Labute approximate surface area is 142 Å². The Bertz CT molecular complexity index is 729. The number of aryl methyl sites for hydroxylation is 2. The average Bonchev–Trinajstić information content (AvgIpc) is 2.94. The third-order valence-corrected chi connectivity index (χ3v) is 4.67. The van der Waals surface area contributed by atoms with Crippen LogP contribution in [0.1, 0.15) is 36.1 Å². The molecular formula is C19H21ClN2O. The fraction of sp³-hybridized carbons (Fsp3) is 0.316. The molecular weight excluding hydrogens is 308 g/mol. The topological polar surface area (TPSA) is 41.1 Å². The molecule has 0 saturated heterocycles. The van der Waals surface area contributed by atoms with Crippen molar-refractivity contribution in [3.8, 4) is 0 Å². The fourth-order valence-corrected chi connectivity index (χ4v) is 3.25. The molecule has 1 aliphatic rings. The predicted molar refractivity (Wildman–Crippen MR) is 94.9 cm³/mol. The van der Waals surface area contributed by atoms with Crippen LogP contribution in [0, 0.1) is 6.92 Å². The lowest BCUT2D eigenvalue weighted by Crippen LogP contribution is -2.39. The van der Waals surface area contributed by atoms with Crippen molar-refractivity contribution < 1.29 is 4.79 Å². The van der Waals surface area contributed by atoms with Crippen LogP contribution in [0.15, 0.2) is 42.5 Å². The van der Waals surface area contributed by atoms with E-state index in [1.54, 1.807) is 6.07 Å². The molecule has 4 heteroatoms. The van der Waals surface area contributed by atoms with Gasteiger partial charge in [0.15, 0.2) is 0 Å². The first-order chi connectivity index (χ1) is 11.0. The largest absolute Gasteiger partial charge is 0.324 e. The minimum Gasteiger partial charge on any atom is -0.324 e. The van der Waals surface area contributed by atoms with Gasteiger partial charge >= 0.3 is 0 Å². The number of fused-ring (bicyclic) bond motifs is 1. The van der Waals surface area contributed by atoms with Crippen LogP contribution >= 0.6 is 11.6 Å². The lowest BCUT2D eigenvalue weighted by atomic mass is 10.1. The van der Waals surface area contributed by atoms with Gasteiger partial charge in [-0.25, -0.2) is 0 Å². The summed E-state index contributed by atoms with van der Waals surface area (Å²) in [6.45, 7) is 3.85. The van der Waals surface area contributed by atoms with Gasteiger partial charge in [-0.2, -0.15) is 0 Å². The molecule has 2 N–H and O–H groups in total. The number of rotatable bonds is 4. The molecule has 3 nitrogen and oxygen atoms in total. The normalized spacial score (nSPS) is 17.6. The van der Waals surface area contributed by atoms with Crippen molar-refractivity contribution in [3.63, 3.8) is 0 Å². The van der Waals surface area contributed by atoms with Crippen molar-refractivity contribution in [2.24, 2.45) is 0 Å². The molecule has 1 amide bonds. The summed E-state index contributed by atoms with van der Waals surface area (Å²) in [5.74, 6) is -0.0419. The predicted octanol–water partition coefficient (Wildman–Crippen LogP) is 4.25. The van der Waals surface area contributed by atoms with Gasteiger partial charge in [-0.3, -0.25) is 10.1 Å². The maximum atomic E-state index is 12.5. The molecule has 2 aromatic carbocycles. The van der Waals surface area contributed by atoms with Crippen LogP contribution in [0.4, 0.5) is 5.69 Å². The summed E-state index contributed by atoms with van der Waals surface area (Å²) in [5.41, 5.74) is 4.46. The second-order valence-electron chi connectivity index (χ2n) is 6.13. The monoisotopic (exact) mass is 328 g/mol. The van der Waals surface area contributed by atoms with Gasteiger partial charge in [0.25, 0.3) is 0 Å². The van der Waals surface area contributed by atoms with Crippen LogP contribution in [-0.4, -0.2) is 11.9 Å². The number of carbonyl (C=O) groups excluding carboxylic acids is 1. The van der Waals surface area contributed by atoms with Gasteiger partial charge < -0.3 is 5.32 Å². The van der Waals surface area contributed by atoms with E-state index in [1.807, 2.05) is 26.0 Å². The lowest BCUT2D eigenvalue weighted by Gasteiger charge is -2.20. The van der Waals surface area contributed by atoms with E-state index in [-0.39, 0.29) is 18.0 Å². The van der Waals surface area contributed by atoms with Gasteiger partial charge in [-0.15, -0.1) is 0 Å². The minimum absolute atomic E-state index is 0.0419. The zero-order valence-corrected chi connectivity index (χ0v) is 14.2. The molecule has 0 saturated carbocycles. The molecule has 0 spiro atoms. The standard InChI is InChI=1S/C19H21ClN2O/c1-12-7-9-15(20)11-18(12)22-19(23)13(2)21-17-10-8-14-5-3-4-6-16(14)17/h3-7,9,11,13,17,21H,8,10H2,1-2H3,(H,22,23). The molecule has 0 radical (unpaired) electrons. The number of halogens is 1. The van der Waals surface area contributed by atoms with Gasteiger partial charge in [0, 0.05) is 16.8 Å². The Morgan fingerprint density at radius 1 is 1.26 bits per heavy atom. The summed E-state index contributed by atoms with van der Waals surface area (Å²) >= 11 is 6.01. The maximum Gasteiger partial charge on any atom is 0.241 e. The highest BCUT2D eigenvalue weighted by Gasteiger charge is 2.25. The number of anilines is 1. The minimum atomic E-state index is -0.274. The summed E-state index contributed by atoms with van der Waals surface area (Å²) in [7, 11) is 0. The Hall–Kier alpha value is -1.84. The van der Waals surface area contributed by atoms with Gasteiger partial charge in [0.05, 0.1) is 6.04 Å². The van der Waals surface area contributed by atoms with Gasteiger partial charge in [-0.05, 0) is 55.5 Å². The Morgan fingerprint density at radius 3 is 2.87 bits per heavy atom. The lowest BCUT2D eigenvalue weighted by molar-refractivity contribution is -0.118. The highest BCUT2D eigenvalue weighted by Crippen LogP contribution is 2.31. The van der Waals surface area contributed by atoms with E-state index in [0.717, 1.165) is 24.1 Å². The molecule has 0 heterocycles. The van der Waals surface area contributed by atoms with Crippen molar-refractivity contribution in [1.82, 2.24) is 5.32 Å². The van der Waals surface area contributed by atoms with Gasteiger partial charge in [0.1, 0.15) is 0 Å². The van der Waals surface area contributed by atoms with Crippen LogP contribution in [0.25, 0.3) is 0 Å². The Kier molecular flexibility index (Phi) is 4.69. The molecule has 23 heavy (non-hydrogen) atoms. The smallest absolute Gasteiger partial charge is 0.241 e. The first-order valence-electron chi connectivity index (χ1n) is 7.95. The second kappa shape index (κ2) is 6.73. The molecule has 2 atom stereocenters. The van der Waals surface area contributed by atoms with Crippen molar-refractivity contribution in [2.45, 2.75) is 38.8 Å². The summed E-state index contributed by atoms with van der Waals surface area (Å²) in [5, 5.41) is 7.03. The Morgan fingerprint density at radius 2 is 2.04 bits per heavy atom. The summed E-state index contributed by atoms with van der Waals surface area (Å²) in [6, 6.07) is 13.9. The van der Waals surface area contributed by atoms with E-state index >= 15 is 0 Å². The van der Waals surface area contributed by atoms with Crippen molar-refractivity contribution in [1.29, 1.82) is 0 Å². The number of hydrogen-bond donors (Lipinski definition) is 2. The molecule has 1 aliphatic carbocycles. The highest BCUT2D eigenvalue weighted by atomic mass is 35.5. The van der Waals surface area contributed by atoms with Crippen molar-refractivity contribution >= 4 is 23.2 Å².